The second-order valence-corrected chi connectivity index (χ2v) is 10.9. The third kappa shape index (κ3) is 4.51. The number of hydrogen-bond acceptors (Lipinski definition) is 6. The van der Waals surface area contributed by atoms with E-state index < -0.39 is 15.9 Å². The maximum Gasteiger partial charge on any atom is 0.252 e. The first kappa shape index (κ1) is 21.1. The Morgan fingerprint density at radius 1 is 1.25 bits per heavy atom. The molecule has 7 nitrogen and oxygen atoms in total. The molecule has 0 bridgehead atoms. The lowest BCUT2D eigenvalue weighted by Gasteiger charge is -2.30. The van der Waals surface area contributed by atoms with E-state index in [2.05, 4.69) is 21.2 Å². The van der Waals surface area contributed by atoms with Crippen LogP contribution in [0, 0.1) is 5.92 Å². The number of benzene rings is 1. The Kier molecular flexibility index (Phi) is 6.64. The van der Waals surface area contributed by atoms with E-state index in [-0.39, 0.29) is 16.7 Å². The number of methoxy groups -OCH3 is 2. The second kappa shape index (κ2) is 8.81. The largest absolute Gasteiger partial charge is 0.497 e. The van der Waals surface area contributed by atoms with Crippen LogP contribution in [0.25, 0.3) is 0 Å². The summed E-state index contributed by atoms with van der Waals surface area (Å²) in [6.07, 6.45) is 1.26. The fourth-order valence-electron chi connectivity index (χ4n) is 3.07. The molecule has 10 heteroatoms. The molecule has 0 saturated carbocycles. The number of ether oxygens (including phenoxy) is 2. The minimum atomic E-state index is -3.60. The van der Waals surface area contributed by atoms with Crippen molar-refractivity contribution in [2.75, 3.05) is 32.6 Å². The average molecular weight is 489 g/mol. The first-order valence-corrected chi connectivity index (χ1v) is 11.7. The van der Waals surface area contributed by atoms with Gasteiger partial charge < -0.3 is 14.8 Å². The Labute approximate surface area is 176 Å². The van der Waals surface area contributed by atoms with Crippen molar-refractivity contribution in [3.05, 3.63) is 34.1 Å². The topological polar surface area (TPSA) is 84.9 Å². The molecule has 1 amide bonds. The van der Waals surface area contributed by atoms with Crippen LogP contribution in [0.1, 0.15) is 12.8 Å². The summed E-state index contributed by atoms with van der Waals surface area (Å²) in [5.74, 6) is 0.442. The predicted molar refractivity (Wildman–Crippen MR) is 112 cm³/mol. The lowest BCUT2D eigenvalue weighted by Crippen LogP contribution is -2.43. The van der Waals surface area contributed by atoms with Gasteiger partial charge in [-0.1, -0.05) is 0 Å². The van der Waals surface area contributed by atoms with Crippen molar-refractivity contribution in [3.63, 3.8) is 0 Å². The first-order chi connectivity index (χ1) is 13.3. The maximum atomic E-state index is 12.8. The van der Waals surface area contributed by atoms with Crippen molar-refractivity contribution in [2.45, 2.75) is 17.1 Å². The van der Waals surface area contributed by atoms with Gasteiger partial charge in [-0.2, -0.15) is 4.31 Å². The van der Waals surface area contributed by atoms with Crippen LogP contribution in [-0.2, 0) is 14.8 Å². The van der Waals surface area contributed by atoms with E-state index in [1.165, 1.54) is 22.8 Å². The minimum Gasteiger partial charge on any atom is -0.497 e. The molecule has 0 spiro atoms. The van der Waals surface area contributed by atoms with Crippen LogP contribution >= 0.6 is 27.3 Å². The number of sulfonamides is 1. The Morgan fingerprint density at radius 2 is 2.04 bits per heavy atom. The first-order valence-electron chi connectivity index (χ1n) is 8.63. The number of carbonyl (C=O) groups excluding carboxylic acids is 1. The fraction of sp³-hybridized carbons (Fsp3) is 0.389. The third-order valence-corrected chi connectivity index (χ3v) is 8.52. The zero-order valence-electron chi connectivity index (χ0n) is 15.5. The van der Waals surface area contributed by atoms with Crippen LogP contribution < -0.4 is 14.8 Å². The fourth-order valence-corrected chi connectivity index (χ4v) is 6.76. The van der Waals surface area contributed by atoms with E-state index in [1.807, 2.05) is 0 Å². The molecule has 152 valence electrons. The highest BCUT2D eigenvalue weighted by atomic mass is 79.9. The van der Waals surface area contributed by atoms with Gasteiger partial charge >= 0.3 is 0 Å². The van der Waals surface area contributed by atoms with E-state index >= 15 is 0 Å². The van der Waals surface area contributed by atoms with Crippen LogP contribution in [0.5, 0.6) is 11.5 Å². The molecule has 0 aliphatic carbocycles. The van der Waals surface area contributed by atoms with Crippen LogP contribution in [0.15, 0.2) is 38.3 Å². The van der Waals surface area contributed by atoms with Crippen molar-refractivity contribution in [1.82, 2.24) is 4.31 Å². The number of carbonyl (C=O) groups is 1. The van der Waals surface area contributed by atoms with Crippen LogP contribution in [-0.4, -0.2) is 45.9 Å². The highest BCUT2D eigenvalue weighted by Crippen LogP contribution is 2.32. The maximum absolute atomic E-state index is 12.8. The van der Waals surface area contributed by atoms with Crippen LogP contribution in [0.3, 0.4) is 0 Å². The van der Waals surface area contributed by atoms with Gasteiger partial charge in [0, 0.05) is 19.2 Å². The summed E-state index contributed by atoms with van der Waals surface area (Å²) < 4.78 is 38.6. The molecule has 1 N–H and O–H groups in total. The zero-order valence-corrected chi connectivity index (χ0v) is 18.7. The second-order valence-electron chi connectivity index (χ2n) is 6.32. The molecule has 28 heavy (non-hydrogen) atoms. The Hall–Kier alpha value is -1.62. The molecular weight excluding hydrogens is 468 g/mol. The summed E-state index contributed by atoms with van der Waals surface area (Å²) in [4.78, 5) is 12.8. The van der Waals surface area contributed by atoms with Crippen LogP contribution in [0.2, 0.25) is 0 Å². The number of rotatable bonds is 6. The number of piperidine rings is 1. The molecule has 2 aromatic rings. The average Bonchev–Trinajstić information content (AvgIpc) is 3.15. The van der Waals surface area contributed by atoms with Gasteiger partial charge in [-0.05, 0) is 53.0 Å². The smallest absolute Gasteiger partial charge is 0.252 e. The molecule has 1 atom stereocenters. The number of hydrogen-bond donors (Lipinski definition) is 1. The molecule has 3 rings (SSSR count). The quantitative estimate of drug-likeness (QED) is 0.671. The number of halogens is 1. The van der Waals surface area contributed by atoms with E-state index in [9.17, 15) is 13.2 Å². The minimum absolute atomic E-state index is 0.155. The summed E-state index contributed by atoms with van der Waals surface area (Å²) >= 11 is 4.46. The highest BCUT2D eigenvalue weighted by Gasteiger charge is 2.34. The number of amides is 1. The molecule has 1 aromatic heterocycles. The molecular formula is C18H21BrN2O5S2. The standard InChI is InChI=1S/C18H21BrN2O5S2/c1-25-13-5-6-14(15(10-13)26-2)20-18(22)12-4-3-9-21(11-12)28(23,24)17-8-7-16(19)27-17/h5-8,10,12H,3-4,9,11H2,1-2H3,(H,20,22)/t12-/m0/s1. The molecule has 1 aliphatic rings. The SMILES string of the molecule is COc1ccc(NC(=O)[C@H]2CCCN(S(=O)(=O)c3ccc(Br)s3)C2)c(OC)c1. The van der Waals surface area contributed by atoms with Crippen molar-refractivity contribution in [1.29, 1.82) is 0 Å². The van der Waals surface area contributed by atoms with Crippen molar-refractivity contribution in [3.8, 4) is 11.5 Å². The lowest BCUT2D eigenvalue weighted by molar-refractivity contribution is -0.120. The van der Waals surface area contributed by atoms with Crippen molar-refractivity contribution >= 4 is 48.9 Å². The van der Waals surface area contributed by atoms with Gasteiger partial charge in [0.2, 0.25) is 5.91 Å². The van der Waals surface area contributed by atoms with E-state index in [0.717, 1.165) is 3.79 Å². The Balaban J connectivity index is 1.73. The monoisotopic (exact) mass is 488 g/mol. The predicted octanol–water partition coefficient (Wildman–Crippen LogP) is 3.57. The molecule has 0 radical (unpaired) electrons. The molecule has 1 aromatic carbocycles. The normalized spacial score (nSPS) is 17.9. The van der Waals surface area contributed by atoms with Gasteiger partial charge in [0.25, 0.3) is 10.0 Å². The Morgan fingerprint density at radius 3 is 2.68 bits per heavy atom. The van der Waals surface area contributed by atoms with Gasteiger partial charge in [-0.3, -0.25) is 4.79 Å². The summed E-state index contributed by atoms with van der Waals surface area (Å²) in [5.41, 5.74) is 0.524. The lowest BCUT2D eigenvalue weighted by atomic mass is 9.98. The van der Waals surface area contributed by atoms with Gasteiger partial charge in [0.05, 0.1) is 29.6 Å². The van der Waals surface area contributed by atoms with Gasteiger partial charge in [-0.15, -0.1) is 11.3 Å². The zero-order chi connectivity index (χ0) is 20.3. The van der Waals surface area contributed by atoms with E-state index in [0.29, 0.717) is 36.6 Å². The highest BCUT2D eigenvalue weighted by molar-refractivity contribution is 9.11. The molecule has 2 heterocycles. The number of anilines is 1. The molecule has 0 unspecified atom stereocenters. The molecule has 1 saturated heterocycles. The number of nitrogens with zero attached hydrogens (tertiary/aromatic N) is 1. The molecule has 1 fully saturated rings. The van der Waals surface area contributed by atoms with E-state index in [1.54, 1.807) is 37.4 Å². The van der Waals surface area contributed by atoms with Gasteiger partial charge in [-0.25, -0.2) is 8.42 Å². The summed E-state index contributed by atoms with van der Waals surface area (Å²) in [7, 11) is -0.537. The van der Waals surface area contributed by atoms with Crippen molar-refractivity contribution < 1.29 is 22.7 Å². The number of nitrogens with one attached hydrogen (secondary N) is 1. The van der Waals surface area contributed by atoms with Gasteiger partial charge in [0.15, 0.2) is 0 Å². The Bertz CT molecular complexity index is 961. The summed E-state index contributed by atoms with van der Waals surface area (Å²) in [6.45, 7) is 0.565. The van der Waals surface area contributed by atoms with Gasteiger partial charge in [0.1, 0.15) is 15.7 Å². The van der Waals surface area contributed by atoms with E-state index in [4.69, 9.17) is 9.47 Å². The third-order valence-electron chi connectivity index (χ3n) is 4.56. The van der Waals surface area contributed by atoms with Crippen molar-refractivity contribution in [2.24, 2.45) is 5.92 Å². The summed E-state index contributed by atoms with van der Waals surface area (Å²) in [5, 5.41) is 2.85. The number of thiophene rings is 1. The van der Waals surface area contributed by atoms with Crippen LogP contribution in [0.4, 0.5) is 5.69 Å². The summed E-state index contributed by atoms with van der Waals surface area (Å²) in [6, 6.07) is 8.40. The molecule has 1 aliphatic heterocycles.